The molecule has 0 radical (unpaired) electrons. The largest absolute Gasteiger partial charge is 0.456 e. The Bertz CT molecular complexity index is 786. The Morgan fingerprint density at radius 1 is 1.00 bits per heavy atom. The highest BCUT2D eigenvalue weighted by molar-refractivity contribution is 7.99. The molecule has 138 valence electrons. The summed E-state index contributed by atoms with van der Waals surface area (Å²) in [6.07, 6.45) is 0.00422. The molecule has 0 aliphatic heterocycles. The fourth-order valence-electron chi connectivity index (χ4n) is 1.92. The number of hydrogen-bond acceptors (Lipinski definition) is 4. The van der Waals surface area contributed by atoms with Crippen molar-refractivity contribution in [2.45, 2.75) is 17.9 Å². The van der Waals surface area contributed by atoms with Crippen molar-refractivity contribution in [3.63, 3.8) is 0 Å². The minimum Gasteiger partial charge on any atom is -0.456 e. The van der Waals surface area contributed by atoms with E-state index in [-0.39, 0.29) is 13.0 Å². The maximum absolute atomic E-state index is 13.4. The van der Waals surface area contributed by atoms with Gasteiger partial charge in [-0.3, -0.25) is 9.59 Å². The molecule has 8 heteroatoms. The van der Waals surface area contributed by atoms with Crippen LogP contribution < -0.4 is 5.32 Å². The lowest BCUT2D eigenvalue weighted by Gasteiger charge is -2.07. The summed E-state index contributed by atoms with van der Waals surface area (Å²) in [5.41, 5.74) is 0.329. The van der Waals surface area contributed by atoms with Gasteiger partial charge >= 0.3 is 5.97 Å². The van der Waals surface area contributed by atoms with Crippen LogP contribution in [-0.4, -0.2) is 24.2 Å². The molecule has 0 heterocycles. The van der Waals surface area contributed by atoms with E-state index in [9.17, 15) is 22.8 Å². The van der Waals surface area contributed by atoms with E-state index in [0.29, 0.717) is 16.2 Å². The Morgan fingerprint density at radius 3 is 2.50 bits per heavy atom. The first-order valence-corrected chi connectivity index (χ1v) is 8.68. The van der Waals surface area contributed by atoms with E-state index in [2.05, 4.69) is 5.32 Å². The van der Waals surface area contributed by atoms with Gasteiger partial charge in [-0.25, -0.2) is 13.2 Å². The average molecular weight is 383 g/mol. The zero-order valence-electron chi connectivity index (χ0n) is 13.6. The molecule has 0 fully saturated rings. The molecule has 0 aliphatic carbocycles. The van der Waals surface area contributed by atoms with Crippen LogP contribution in [0.1, 0.15) is 12.0 Å². The summed E-state index contributed by atoms with van der Waals surface area (Å²) in [5, 5.41) is 2.45. The SMILES string of the molecule is O=C(COC(=O)CCSc1ccc(F)c(F)c1)NCc1ccccc1F. The predicted molar refractivity (Wildman–Crippen MR) is 90.9 cm³/mol. The third-order valence-electron chi connectivity index (χ3n) is 3.26. The molecule has 0 bridgehead atoms. The van der Waals surface area contributed by atoms with Crippen molar-refractivity contribution in [2.75, 3.05) is 12.4 Å². The minimum atomic E-state index is -0.955. The number of benzene rings is 2. The van der Waals surface area contributed by atoms with E-state index in [1.165, 1.54) is 30.0 Å². The Kier molecular flexibility index (Phi) is 7.53. The predicted octanol–water partition coefficient (Wildman–Crippen LogP) is 3.45. The second-order valence-corrected chi connectivity index (χ2v) is 6.37. The van der Waals surface area contributed by atoms with Crippen LogP contribution in [0, 0.1) is 17.5 Å². The Balaban J connectivity index is 1.64. The second kappa shape index (κ2) is 9.86. The molecular weight excluding hydrogens is 367 g/mol. The van der Waals surface area contributed by atoms with Gasteiger partial charge in [-0.1, -0.05) is 18.2 Å². The molecule has 0 aromatic heterocycles. The highest BCUT2D eigenvalue weighted by atomic mass is 32.2. The van der Waals surface area contributed by atoms with Gasteiger partial charge in [-0.15, -0.1) is 11.8 Å². The Hall–Kier alpha value is -2.48. The zero-order chi connectivity index (χ0) is 18.9. The molecule has 2 rings (SSSR count). The van der Waals surface area contributed by atoms with Crippen molar-refractivity contribution in [1.82, 2.24) is 5.32 Å². The summed E-state index contributed by atoms with van der Waals surface area (Å²) < 4.78 is 44.1. The summed E-state index contributed by atoms with van der Waals surface area (Å²) in [7, 11) is 0. The molecule has 0 saturated carbocycles. The third kappa shape index (κ3) is 6.44. The smallest absolute Gasteiger partial charge is 0.307 e. The number of esters is 1. The van der Waals surface area contributed by atoms with Crippen LogP contribution >= 0.6 is 11.8 Å². The number of carbonyl (C=O) groups excluding carboxylic acids is 2. The van der Waals surface area contributed by atoms with Crippen molar-refractivity contribution >= 4 is 23.6 Å². The lowest BCUT2D eigenvalue weighted by Crippen LogP contribution is -2.28. The van der Waals surface area contributed by atoms with Crippen LogP contribution in [-0.2, 0) is 20.9 Å². The van der Waals surface area contributed by atoms with Gasteiger partial charge in [0, 0.05) is 22.8 Å². The summed E-state index contributed by atoms with van der Waals surface area (Å²) in [5.74, 6) is -3.17. The average Bonchev–Trinajstić information content (AvgIpc) is 2.62. The number of carbonyl (C=O) groups is 2. The molecular formula is C18H16F3NO3S. The van der Waals surface area contributed by atoms with Gasteiger partial charge in [0.2, 0.25) is 0 Å². The van der Waals surface area contributed by atoms with Crippen LogP contribution in [0.2, 0.25) is 0 Å². The van der Waals surface area contributed by atoms with Crippen LogP contribution in [0.4, 0.5) is 13.2 Å². The van der Waals surface area contributed by atoms with Gasteiger partial charge in [-0.05, 0) is 24.3 Å². The van der Waals surface area contributed by atoms with Gasteiger partial charge in [0.1, 0.15) is 5.82 Å². The number of hydrogen-bond donors (Lipinski definition) is 1. The van der Waals surface area contributed by atoms with Crippen LogP contribution in [0.5, 0.6) is 0 Å². The summed E-state index contributed by atoms with van der Waals surface area (Å²) in [6, 6.07) is 9.47. The molecule has 2 aromatic carbocycles. The number of nitrogens with one attached hydrogen (secondary N) is 1. The molecule has 0 atom stereocenters. The van der Waals surface area contributed by atoms with Crippen molar-refractivity contribution in [2.24, 2.45) is 0 Å². The van der Waals surface area contributed by atoms with Crippen LogP contribution in [0.3, 0.4) is 0 Å². The first-order valence-electron chi connectivity index (χ1n) is 7.69. The van der Waals surface area contributed by atoms with Gasteiger partial charge in [-0.2, -0.15) is 0 Å². The van der Waals surface area contributed by atoms with E-state index >= 15 is 0 Å². The van der Waals surface area contributed by atoms with Crippen molar-refractivity contribution in [3.05, 3.63) is 65.5 Å². The fourth-order valence-corrected chi connectivity index (χ4v) is 2.78. The molecule has 1 amide bonds. The Morgan fingerprint density at radius 2 is 1.77 bits per heavy atom. The van der Waals surface area contributed by atoms with E-state index in [1.54, 1.807) is 12.1 Å². The first-order chi connectivity index (χ1) is 12.5. The number of ether oxygens (including phenoxy) is 1. The standard InChI is InChI=1S/C18H16F3NO3S/c19-14-4-2-1-3-12(14)10-22-17(23)11-25-18(24)7-8-26-13-5-6-15(20)16(21)9-13/h1-6,9H,7-8,10-11H2,(H,22,23). The zero-order valence-corrected chi connectivity index (χ0v) is 14.5. The molecule has 0 aliphatic rings. The first kappa shape index (κ1) is 19.8. The normalized spacial score (nSPS) is 10.4. The highest BCUT2D eigenvalue weighted by Gasteiger charge is 2.09. The lowest BCUT2D eigenvalue weighted by atomic mass is 10.2. The van der Waals surface area contributed by atoms with Crippen molar-refractivity contribution < 1.29 is 27.5 Å². The van der Waals surface area contributed by atoms with E-state index < -0.39 is 35.9 Å². The summed E-state index contributed by atoms with van der Waals surface area (Å²) in [4.78, 5) is 23.7. The molecule has 1 N–H and O–H groups in total. The molecule has 0 spiro atoms. The molecule has 0 saturated heterocycles. The third-order valence-corrected chi connectivity index (χ3v) is 4.26. The van der Waals surface area contributed by atoms with E-state index in [0.717, 1.165) is 12.1 Å². The minimum absolute atomic E-state index is 0.00422. The molecule has 2 aromatic rings. The van der Waals surface area contributed by atoms with Gasteiger partial charge in [0.05, 0.1) is 6.42 Å². The van der Waals surface area contributed by atoms with E-state index in [4.69, 9.17) is 4.74 Å². The maximum atomic E-state index is 13.4. The second-order valence-electron chi connectivity index (χ2n) is 5.20. The quantitative estimate of drug-likeness (QED) is 0.560. The van der Waals surface area contributed by atoms with Crippen molar-refractivity contribution in [1.29, 1.82) is 0 Å². The van der Waals surface area contributed by atoms with Gasteiger partial charge in [0.25, 0.3) is 5.91 Å². The summed E-state index contributed by atoms with van der Waals surface area (Å²) >= 11 is 1.17. The van der Waals surface area contributed by atoms with Crippen LogP contribution in [0.15, 0.2) is 47.4 Å². The van der Waals surface area contributed by atoms with Crippen molar-refractivity contribution in [3.8, 4) is 0 Å². The van der Waals surface area contributed by atoms with E-state index in [1.807, 2.05) is 0 Å². The number of amides is 1. The Labute approximate surface area is 152 Å². The molecule has 26 heavy (non-hydrogen) atoms. The topological polar surface area (TPSA) is 55.4 Å². The van der Waals surface area contributed by atoms with Gasteiger partial charge in [0.15, 0.2) is 18.2 Å². The fraction of sp³-hybridized carbons (Fsp3) is 0.222. The monoisotopic (exact) mass is 383 g/mol. The van der Waals surface area contributed by atoms with Gasteiger partial charge < -0.3 is 10.1 Å². The highest BCUT2D eigenvalue weighted by Crippen LogP contribution is 2.21. The molecule has 0 unspecified atom stereocenters. The summed E-state index contributed by atoms with van der Waals surface area (Å²) in [6.45, 7) is -0.474. The lowest BCUT2D eigenvalue weighted by molar-refractivity contribution is -0.148. The van der Waals surface area contributed by atoms with Crippen LogP contribution in [0.25, 0.3) is 0 Å². The number of rotatable bonds is 8. The molecule has 4 nitrogen and oxygen atoms in total. The number of thioether (sulfide) groups is 1. The maximum Gasteiger partial charge on any atom is 0.307 e. The number of halogens is 3.